The van der Waals surface area contributed by atoms with Crippen LogP contribution in [0.2, 0.25) is 10.2 Å². The highest BCUT2D eigenvalue weighted by Gasteiger charge is 2.17. The Morgan fingerprint density at radius 2 is 1.90 bits per heavy atom. The quantitative estimate of drug-likeness (QED) is 0.789. The number of nitrogens with zero attached hydrogens (tertiary/aromatic N) is 1. The third-order valence-corrected chi connectivity index (χ3v) is 5.29. The molecule has 20 heavy (non-hydrogen) atoms. The van der Waals surface area contributed by atoms with Gasteiger partial charge in [0.25, 0.3) is 10.0 Å². The zero-order valence-electron chi connectivity index (χ0n) is 10.2. The summed E-state index contributed by atoms with van der Waals surface area (Å²) in [6.07, 6.45) is 0. The molecule has 8 heteroatoms. The van der Waals surface area contributed by atoms with Crippen molar-refractivity contribution in [3.8, 4) is 0 Å². The zero-order valence-corrected chi connectivity index (χ0v) is 14.1. The first-order chi connectivity index (χ1) is 9.29. The predicted octanol–water partition coefficient (Wildman–Crippen LogP) is 4.26. The van der Waals surface area contributed by atoms with Crippen molar-refractivity contribution in [1.29, 1.82) is 0 Å². The average molecular weight is 396 g/mol. The van der Waals surface area contributed by atoms with E-state index >= 15 is 0 Å². The van der Waals surface area contributed by atoms with E-state index in [0.29, 0.717) is 26.0 Å². The normalized spacial score (nSPS) is 11.4. The molecular weight excluding hydrogens is 387 g/mol. The first-order valence-electron chi connectivity index (χ1n) is 5.40. The molecule has 0 unspecified atom stereocenters. The first kappa shape index (κ1) is 15.6. The minimum absolute atomic E-state index is 0.100. The number of pyridine rings is 1. The Labute approximate surface area is 135 Å². The Morgan fingerprint density at radius 1 is 1.20 bits per heavy atom. The number of hydrogen-bond donors (Lipinski definition) is 1. The summed E-state index contributed by atoms with van der Waals surface area (Å²) in [5, 5.41) is 0.743. The second kappa shape index (κ2) is 5.89. The van der Waals surface area contributed by atoms with Gasteiger partial charge in [-0.25, -0.2) is 13.4 Å². The number of aryl methyl sites for hydroxylation is 1. The van der Waals surface area contributed by atoms with Crippen LogP contribution in [0.4, 0.5) is 5.69 Å². The van der Waals surface area contributed by atoms with Gasteiger partial charge in [-0.15, -0.1) is 0 Å². The van der Waals surface area contributed by atoms with Gasteiger partial charge < -0.3 is 0 Å². The topological polar surface area (TPSA) is 59.1 Å². The maximum Gasteiger partial charge on any atom is 0.261 e. The van der Waals surface area contributed by atoms with Gasteiger partial charge >= 0.3 is 0 Å². The third-order valence-electron chi connectivity index (χ3n) is 2.50. The summed E-state index contributed by atoms with van der Waals surface area (Å²) in [4.78, 5) is 4.09. The number of sulfonamides is 1. The number of anilines is 1. The number of nitrogens with one attached hydrogen (secondary N) is 1. The molecule has 0 aliphatic carbocycles. The molecule has 0 spiro atoms. The standard InChI is InChI=1S/C12H9BrCl2N2O2S/c1-7-11(4-5-12(15)16-7)17-20(18,19)8-2-3-10(14)9(13)6-8/h2-6,17H,1H3. The van der Waals surface area contributed by atoms with Crippen LogP contribution in [-0.2, 0) is 10.0 Å². The zero-order chi connectivity index (χ0) is 14.9. The van der Waals surface area contributed by atoms with Gasteiger partial charge in [0.1, 0.15) is 5.15 Å². The van der Waals surface area contributed by atoms with Crippen LogP contribution in [0.25, 0.3) is 0 Å². The molecule has 0 amide bonds. The molecule has 0 aliphatic rings. The van der Waals surface area contributed by atoms with Gasteiger partial charge in [0.05, 0.1) is 21.3 Å². The number of rotatable bonds is 3. The van der Waals surface area contributed by atoms with Crippen LogP contribution in [0.15, 0.2) is 39.7 Å². The van der Waals surface area contributed by atoms with E-state index in [4.69, 9.17) is 23.2 Å². The van der Waals surface area contributed by atoms with Crippen molar-refractivity contribution < 1.29 is 8.42 Å². The number of aromatic nitrogens is 1. The summed E-state index contributed by atoms with van der Waals surface area (Å²) in [7, 11) is -3.71. The molecule has 4 nitrogen and oxygen atoms in total. The number of benzene rings is 1. The molecule has 1 aromatic heterocycles. The highest BCUT2D eigenvalue weighted by atomic mass is 79.9. The predicted molar refractivity (Wildman–Crippen MR) is 83.9 cm³/mol. The largest absolute Gasteiger partial charge is 0.278 e. The smallest absolute Gasteiger partial charge is 0.261 e. The number of halogens is 3. The fourth-order valence-corrected chi connectivity index (χ4v) is 3.47. The molecule has 0 fully saturated rings. The molecule has 2 aromatic rings. The first-order valence-corrected chi connectivity index (χ1v) is 8.44. The van der Waals surface area contributed by atoms with E-state index in [9.17, 15) is 8.42 Å². The molecule has 0 saturated heterocycles. The number of hydrogen-bond acceptors (Lipinski definition) is 3. The highest BCUT2D eigenvalue weighted by molar-refractivity contribution is 9.10. The Morgan fingerprint density at radius 3 is 2.50 bits per heavy atom. The fraction of sp³-hybridized carbons (Fsp3) is 0.0833. The van der Waals surface area contributed by atoms with Crippen LogP contribution in [0, 0.1) is 6.92 Å². The maximum atomic E-state index is 12.3. The monoisotopic (exact) mass is 394 g/mol. The van der Waals surface area contributed by atoms with Crippen LogP contribution < -0.4 is 4.72 Å². The molecule has 1 aromatic carbocycles. The summed E-state index contributed by atoms with van der Waals surface area (Å²) < 4.78 is 27.5. The van der Waals surface area contributed by atoms with Gasteiger partial charge in [0, 0.05) is 4.47 Å². The maximum absolute atomic E-state index is 12.3. The van der Waals surface area contributed by atoms with E-state index in [1.165, 1.54) is 24.3 Å². The molecule has 0 radical (unpaired) electrons. The highest BCUT2D eigenvalue weighted by Crippen LogP contribution is 2.27. The van der Waals surface area contributed by atoms with Gasteiger partial charge in [-0.1, -0.05) is 23.2 Å². The van der Waals surface area contributed by atoms with Crippen molar-refractivity contribution in [3.63, 3.8) is 0 Å². The second-order valence-corrected chi connectivity index (χ2v) is 7.28. The second-order valence-electron chi connectivity index (χ2n) is 3.95. The molecule has 0 atom stereocenters. The molecular formula is C12H9BrCl2N2O2S. The van der Waals surface area contributed by atoms with E-state index in [1.54, 1.807) is 13.0 Å². The van der Waals surface area contributed by atoms with Crippen molar-refractivity contribution in [2.45, 2.75) is 11.8 Å². The SMILES string of the molecule is Cc1nc(Cl)ccc1NS(=O)(=O)c1ccc(Cl)c(Br)c1. The summed E-state index contributed by atoms with van der Waals surface area (Å²) in [5.74, 6) is 0. The lowest BCUT2D eigenvalue weighted by atomic mass is 10.3. The molecule has 1 N–H and O–H groups in total. The molecule has 0 bridgehead atoms. The van der Waals surface area contributed by atoms with Gasteiger partial charge in [-0.2, -0.15) is 0 Å². The lowest BCUT2D eigenvalue weighted by molar-refractivity contribution is 0.601. The Bertz CT molecular complexity index is 766. The van der Waals surface area contributed by atoms with E-state index in [1.807, 2.05) is 0 Å². The third kappa shape index (κ3) is 3.44. The van der Waals surface area contributed by atoms with Crippen LogP contribution in [0.5, 0.6) is 0 Å². The van der Waals surface area contributed by atoms with Crippen molar-refractivity contribution in [2.75, 3.05) is 4.72 Å². The van der Waals surface area contributed by atoms with Crippen LogP contribution in [-0.4, -0.2) is 13.4 Å². The Hall–Kier alpha value is -0.820. The fourth-order valence-electron chi connectivity index (χ4n) is 1.49. The molecule has 0 aliphatic heterocycles. The molecule has 1 heterocycles. The van der Waals surface area contributed by atoms with E-state index < -0.39 is 10.0 Å². The summed E-state index contributed by atoms with van der Waals surface area (Å²) >= 11 is 14.8. The lowest BCUT2D eigenvalue weighted by Crippen LogP contribution is -2.14. The molecule has 2 rings (SSSR count). The van der Waals surface area contributed by atoms with E-state index in [-0.39, 0.29) is 4.90 Å². The molecule has 0 saturated carbocycles. The van der Waals surface area contributed by atoms with Crippen molar-refractivity contribution in [2.24, 2.45) is 0 Å². The van der Waals surface area contributed by atoms with Gasteiger partial charge in [0.15, 0.2) is 0 Å². The van der Waals surface area contributed by atoms with Crippen molar-refractivity contribution in [1.82, 2.24) is 4.98 Å². The summed E-state index contributed by atoms with van der Waals surface area (Å²) in [6.45, 7) is 1.67. The van der Waals surface area contributed by atoms with Crippen LogP contribution >= 0.6 is 39.1 Å². The lowest BCUT2D eigenvalue weighted by Gasteiger charge is -2.10. The average Bonchev–Trinajstić information content (AvgIpc) is 2.36. The minimum Gasteiger partial charge on any atom is -0.278 e. The summed E-state index contributed by atoms with van der Waals surface area (Å²) in [6, 6.07) is 7.45. The summed E-state index contributed by atoms with van der Waals surface area (Å²) in [5.41, 5.74) is 0.870. The van der Waals surface area contributed by atoms with Gasteiger partial charge in [0.2, 0.25) is 0 Å². The van der Waals surface area contributed by atoms with Gasteiger partial charge in [-0.3, -0.25) is 4.72 Å². The van der Waals surface area contributed by atoms with Crippen molar-refractivity contribution >= 4 is 54.8 Å². The van der Waals surface area contributed by atoms with Crippen LogP contribution in [0.1, 0.15) is 5.69 Å². The minimum atomic E-state index is -3.71. The van der Waals surface area contributed by atoms with E-state index in [2.05, 4.69) is 25.6 Å². The Kier molecular flexibility index (Phi) is 4.59. The van der Waals surface area contributed by atoms with Crippen LogP contribution in [0.3, 0.4) is 0 Å². The van der Waals surface area contributed by atoms with Crippen molar-refractivity contribution in [3.05, 3.63) is 50.7 Å². The van der Waals surface area contributed by atoms with Gasteiger partial charge in [-0.05, 0) is 53.2 Å². The Balaban J connectivity index is 2.38. The van der Waals surface area contributed by atoms with E-state index in [0.717, 1.165) is 0 Å². The molecule has 106 valence electrons.